The monoisotopic (exact) mass is 317 g/mol. The molecule has 0 aliphatic heterocycles. The van der Waals surface area contributed by atoms with Crippen LogP contribution in [0.1, 0.15) is 5.56 Å². The van der Waals surface area contributed by atoms with E-state index in [0.717, 1.165) is 16.8 Å². The van der Waals surface area contributed by atoms with Gasteiger partial charge in [-0.2, -0.15) is 4.68 Å². The summed E-state index contributed by atoms with van der Waals surface area (Å²) < 4.78 is 3.51. The van der Waals surface area contributed by atoms with Gasteiger partial charge in [0.2, 0.25) is 0 Å². The van der Waals surface area contributed by atoms with Crippen LogP contribution in [0.25, 0.3) is 28.0 Å². The molecule has 2 heterocycles. The minimum Gasteiger partial charge on any atom is -0.350 e. The van der Waals surface area contributed by atoms with E-state index in [0.29, 0.717) is 16.8 Å². The van der Waals surface area contributed by atoms with Gasteiger partial charge in [0, 0.05) is 18.6 Å². The highest BCUT2D eigenvalue weighted by atomic mass is 16.1. The molecule has 24 heavy (non-hydrogen) atoms. The topological polar surface area (TPSA) is 65.6 Å². The summed E-state index contributed by atoms with van der Waals surface area (Å²) in [6, 6.07) is 15.3. The van der Waals surface area contributed by atoms with Crippen LogP contribution in [0, 0.1) is 6.92 Å². The molecule has 118 valence electrons. The van der Waals surface area contributed by atoms with Crippen molar-refractivity contribution in [2.45, 2.75) is 6.92 Å². The van der Waals surface area contributed by atoms with Gasteiger partial charge in [-0.25, -0.2) is 0 Å². The molecule has 0 saturated heterocycles. The lowest BCUT2D eigenvalue weighted by atomic mass is 10.1. The molecule has 2 aromatic heterocycles. The summed E-state index contributed by atoms with van der Waals surface area (Å²) in [5.74, 6) is 0.435. The number of tetrazole rings is 1. The lowest BCUT2D eigenvalue weighted by Gasteiger charge is -2.09. The molecule has 0 amide bonds. The van der Waals surface area contributed by atoms with Crippen molar-refractivity contribution in [2.24, 2.45) is 7.05 Å². The first kappa shape index (κ1) is 14.3. The number of nitrogens with zero attached hydrogens (tertiary/aromatic N) is 5. The third kappa shape index (κ3) is 2.20. The Balaban J connectivity index is 1.97. The molecule has 6 nitrogen and oxygen atoms in total. The predicted molar refractivity (Wildman–Crippen MR) is 92.1 cm³/mol. The first-order chi connectivity index (χ1) is 11.6. The summed E-state index contributed by atoms with van der Waals surface area (Å²) in [7, 11) is 1.91. The molecule has 0 unspecified atom stereocenters. The second kappa shape index (κ2) is 5.42. The first-order valence-electron chi connectivity index (χ1n) is 7.59. The number of hydrogen-bond donors (Lipinski definition) is 0. The fraction of sp³-hybridized carbons (Fsp3) is 0.111. The number of pyridine rings is 1. The van der Waals surface area contributed by atoms with Crippen molar-refractivity contribution in [3.8, 4) is 17.1 Å². The number of aromatic nitrogens is 5. The second-order valence-corrected chi connectivity index (χ2v) is 5.75. The summed E-state index contributed by atoms with van der Waals surface area (Å²) >= 11 is 0. The van der Waals surface area contributed by atoms with Crippen LogP contribution in [-0.2, 0) is 7.05 Å². The van der Waals surface area contributed by atoms with E-state index in [1.54, 1.807) is 10.9 Å². The zero-order valence-electron chi connectivity index (χ0n) is 13.3. The van der Waals surface area contributed by atoms with Crippen molar-refractivity contribution in [1.82, 2.24) is 24.8 Å². The SMILES string of the molecule is Cc1ccc(-n2nnnc2-c2cn(C)c3ccccc3c2=O)cc1. The number of benzene rings is 2. The van der Waals surface area contributed by atoms with Gasteiger partial charge in [-0.05, 0) is 41.6 Å². The highest BCUT2D eigenvalue weighted by Crippen LogP contribution is 2.19. The molecule has 4 aromatic rings. The Labute approximate surface area is 138 Å². The third-order valence-electron chi connectivity index (χ3n) is 4.08. The number of rotatable bonds is 2. The average Bonchev–Trinajstić information content (AvgIpc) is 3.08. The summed E-state index contributed by atoms with van der Waals surface area (Å²) in [5.41, 5.74) is 3.24. The smallest absolute Gasteiger partial charge is 0.200 e. The molecule has 0 aliphatic carbocycles. The maximum absolute atomic E-state index is 12.9. The molecule has 0 N–H and O–H groups in total. The van der Waals surface area contributed by atoms with Gasteiger partial charge < -0.3 is 4.57 Å². The summed E-state index contributed by atoms with van der Waals surface area (Å²) in [5, 5.41) is 12.5. The van der Waals surface area contributed by atoms with E-state index in [4.69, 9.17) is 0 Å². The molecule has 0 aliphatic rings. The van der Waals surface area contributed by atoms with E-state index in [1.807, 2.05) is 67.1 Å². The van der Waals surface area contributed by atoms with E-state index in [9.17, 15) is 4.79 Å². The Morgan fingerprint density at radius 1 is 1.00 bits per heavy atom. The van der Waals surface area contributed by atoms with Crippen molar-refractivity contribution >= 4 is 10.9 Å². The average molecular weight is 317 g/mol. The molecule has 0 fully saturated rings. The van der Waals surface area contributed by atoms with Gasteiger partial charge in [-0.1, -0.05) is 29.8 Å². The fourth-order valence-electron chi connectivity index (χ4n) is 2.81. The molecule has 0 atom stereocenters. The highest BCUT2D eigenvalue weighted by molar-refractivity contribution is 5.83. The van der Waals surface area contributed by atoms with E-state index < -0.39 is 0 Å². The van der Waals surface area contributed by atoms with Gasteiger partial charge in [-0.15, -0.1) is 5.10 Å². The maximum Gasteiger partial charge on any atom is 0.200 e. The molecular weight excluding hydrogens is 302 g/mol. The fourth-order valence-corrected chi connectivity index (χ4v) is 2.81. The minimum absolute atomic E-state index is 0.0770. The van der Waals surface area contributed by atoms with Gasteiger partial charge in [0.25, 0.3) is 0 Å². The Bertz CT molecular complexity index is 1090. The van der Waals surface area contributed by atoms with E-state index in [-0.39, 0.29) is 5.43 Å². The Morgan fingerprint density at radius 3 is 2.54 bits per heavy atom. The predicted octanol–water partition coefficient (Wildman–Crippen LogP) is 2.49. The van der Waals surface area contributed by atoms with Crippen LogP contribution in [0.2, 0.25) is 0 Å². The highest BCUT2D eigenvalue weighted by Gasteiger charge is 2.16. The van der Waals surface area contributed by atoms with Crippen molar-refractivity contribution in [1.29, 1.82) is 0 Å². The summed E-state index contributed by atoms with van der Waals surface area (Å²) in [6.45, 7) is 2.02. The summed E-state index contributed by atoms with van der Waals surface area (Å²) in [4.78, 5) is 12.9. The lowest BCUT2D eigenvalue weighted by molar-refractivity contribution is 0.790. The van der Waals surface area contributed by atoms with Gasteiger partial charge in [0.15, 0.2) is 11.3 Å². The lowest BCUT2D eigenvalue weighted by Crippen LogP contribution is -2.13. The quantitative estimate of drug-likeness (QED) is 0.570. The standard InChI is InChI=1S/C18H15N5O/c1-12-7-9-13(10-8-12)23-18(19-20-21-23)15-11-22(2)16-6-4-3-5-14(16)17(15)24/h3-11H,1-2H3. The minimum atomic E-state index is -0.0770. The molecule has 0 radical (unpaired) electrons. The van der Waals surface area contributed by atoms with E-state index >= 15 is 0 Å². The maximum atomic E-state index is 12.9. The van der Waals surface area contributed by atoms with Crippen molar-refractivity contribution in [3.05, 3.63) is 70.5 Å². The van der Waals surface area contributed by atoms with Crippen LogP contribution in [0.15, 0.2) is 59.5 Å². The zero-order chi connectivity index (χ0) is 16.7. The Kier molecular flexibility index (Phi) is 3.23. The Morgan fingerprint density at radius 2 is 1.75 bits per heavy atom. The van der Waals surface area contributed by atoms with Crippen LogP contribution in [-0.4, -0.2) is 24.8 Å². The van der Waals surface area contributed by atoms with E-state index in [1.165, 1.54) is 0 Å². The van der Waals surface area contributed by atoms with Crippen LogP contribution in [0.4, 0.5) is 0 Å². The zero-order valence-corrected chi connectivity index (χ0v) is 13.3. The molecule has 2 aromatic carbocycles. The molecular formula is C18H15N5O. The van der Waals surface area contributed by atoms with Crippen LogP contribution < -0.4 is 5.43 Å². The molecule has 0 saturated carbocycles. The molecule has 4 rings (SSSR count). The van der Waals surface area contributed by atoms with Crippen molar-refractivity contribution in [2.75, 3.05) is 0 Å². The largest absolute Gasteiger partial charge is 0.350 e. The van der Waals surface area contributed by atoms with Crippen LogP contribution in [0.3, 0.4) is 0 Å². The van der Waals surface area contributed by atoms with Crippen molar-refractivity contribution in [3.63, 3.8) is 0 Å². The van der Waals surface area contributed by atoms with Gasteiger partial charge >= 0.3 is 0 Å². The van der Waals surface area contributed by atoms with Crippen molar-refractivity contribution < 1.29 is 0 Å². The number of fused-ring (bicyclic) bond motifs is 1. The Hall–Kier alpha value is -3.28. The summed E-state index contributed by atoms with van der Waals surface area (Å²) in [6.07, 6.45) is 1.78. The molecule has 0 bridgehead atoms. The van der Waals surface area contributed by atoms with E-state index in [2.05, 4.69) is 15.5 Å². The normalized spacial score (nSPS) is 11.1. The molecule has 0 spiro atoms. The number of hydrogen-bond acceptors (Lipinski definition) is 4. The molecule has 6 heteroatoms. The van der Waals surface area contributed by atoms with Gasteiger partial charge in [0.05, 0.1) is 16.8 Å². The third-order valence-corrected chi connectivity index (χ3v) is 4.08. The van der Waals surface area contributed by atoms with Crippen LogP contribution >= 0.6 is 0 Å². The van der Waals surface area contributed by atoms with Crippen LogP contribution in [0.5, 0.6) is 0 Å². The van der Waals surface area contributed by atoms with Gasteiger partial charge in [0.1, 0.15) is 0 Å². The second-order valence-electron chi connectivity index (χ2n) is 5.75. The number of para-hydroxylation sites is 1. The number of aryl methyl sites for hydroxylation is 2. The first-order valence-corrected chi connectivity index (χ1v) is 7.59. The van der Waals surface area contributed by atoms with Gasteiger partial charge in [-0.3, -0.25) is 4.79 Å².